The van der Waals surface area contributed by atoms with E-state index < -0.39 is 0 Å². The van der Waals surface area contributed by atoms with Crippen LogP contribution in [0.15, 0.2) is 48.5 Å². The van der Waals surface area contributed by atoms with Crippen LogP contribution in [0.5, 0.6) is 11.5 Å². The summed E-state index contributed by atoms with van der Waals surface area (Å²) in [5, 5.41) is 0. The van der Waals surface area contributed by atoms with Crippen molar-refractivity contribution in [3.8, 4) is 11.5 Å². The second kappa shape index (κ2) is 5.70. The average Bonchev–Trinajstić information content (AvgIpc) is 2.39. The van der Waals surface area contributed by atoms with Gasteiger partial charge in [-0.2, -0.15) is 0 Å². The highest BCUT2D eigenvalue weighted by molar-refractivity contribution is 5.96. The molecule has 0 aliphatic rings. The minimum absolute atomic E-state index is 0.00870. The van der Waals surface area contributed by atoms with Crippen molar-refractivity contribution in [2.45, 2.75) is 26.7 Å². The zero-order valence-electron chi connectivity index (χ0n) is 11.5. The van der Waals surface area contributed by atoms with Crippen molar-refractivity contribution >= 4 is 5.78 Å². The number of hydrogen-bond acceptors (Lipinski definition) is 2. The lowest BCUT2D eigenvalue weighted by atomic mass is 10.0. The van der Waals surface area contributed by atoms with E-state index in [1.54, 1.807) is 13.0 Å². The summed E-state index contributed by atoms with van der Waals surface area (Å²) >= 11 is 0. The van der Waals surface area contributed by atoms with Gasteiger partial charge in [-0.15, -0.1) is 0 Å². The molecule has 0 amide bonds. The van der Waals surface area contributed by atoms with Gasteiger partial charge in [-0.1, -0.05) is 38.1 Å². The molecule has 2 aromatic carbocycles. The zero-order chi connectivity index (χ0) is 13.8. The third-order valence-electron chi connectivity index (χ3n) is 3.04. The fraction of sp³-hybridized carbons (Fsp3) is 0.235. The predicted molar refractivity (Wildman–Crippen MR) is 77.1 cm³/mol. The molecule has 19 heavy (non-hydrogen) atoms. The Hall–Kier alpha value is -2.09. The van der Waals surface area contributed by atoms with E-state index in [4.69, 9.17) is 4.74 Å². The van der Waals surface area contributed by atoms with Crippen LogP contribution in [-0.4, -0.2) is 5.78 Å². The van der Waals surface area contributed by atoms with Gasteiger partial charge in [0.1, 0.15) is 11.5 Å². The minimum Gasteiger partial charge on any atom is -0.457 e. The van der Waals surface area contributed by atoms with Crippen LogP contribution < -0.4 is 4.74 Å². The maximum absolute atomic E-state index is 11.5. The smallest absolute Gasteiger partial charge is 0.163 e. The van der Waals surface area contributed by atoms with Gasteiger partial charge in [-0.3, -0.25) is 4.79 Å². The van der Waals surface area contributed by atoms with Crippen molar-refractivity contribution in [3.05, 3.63) is 59.7 Å². The maximum atomic E-state index is 11.5. The molecule has 0 bridgehead atoms. The molecule has 2 rings (SSSR count). The van der Waals surface area contributed by atoms with Crippen molar-refractivity contribution in [1.29, 1.82) is 0 Å². The summed E-state index contributed by atoms with van der Waals surface area (Å²) in [6.07, 6.45) is 0. The first-order chi connectivity index (χ1) is 9.08. The summed E-state index contributed by atoms with van der Waals surface area (Å²) in [5.41, 5.74) is 1.88. The van der Waals surface area contributed by atoms with Crippen molar-refractivity contribution < 1.29 is 9.53 Å². The number of ether oxygens (including phenoxy) is 1. The third-order valence-corrected chi connectivity index (χ3v) is 3.04. The van der Waals surface area contributed by atoms with Gasteiger partial charge in [0.15, 0.2) is 5.78 Å². The van der Waals surface area contributed by atoms with Crippen molar-refractivity contribution in [2.24, 2.45) is 0 Å². The minimum atomic E-state index is 0.00870. The van der Waals surface area contributed by atoms with E-state index in [1.807, 2.05) is 30.3 Å². The van der Waals surface area contributed by atoms with Gasteiger partial charge in [0, 0.05) is 0 Å². The number of ketones is 1. The van der Waals surface area contributed by atoms with Gasteiger partial charge in [0.2, 0.25) is 0 Å². The highest BCUT2D eigenvalue weighted by atomic mass is 16.5. The van der Waals surface area contributed by atoms with Gasteiger partial charge in [-0.25, -0.2) is 0 Å². The lowest BCUT2D eigenvalue weighted by molar-refractivity contribution is 0.101. The van der Waals surface area contributed by atoms with Crippen molar-refractivity contribution in [2.75, 3.05) is 0 Å². The Morgan fingerprint density at radius 1 is 1.00 bits per heavy atom. The highest BCUT2D eigenvalue weighted by Gasteiger charge is 2.08. The molecule has 98 valence electrons. The summed E-state index contributed by atoms with van der Waals surface area (Å²) in [7, 11) is 0. The molecule has 0 fully saturated rings. The standard InChI is InChI=1S/C17H18O2/c1-12(2)14-8-10-15(11-9-14)19-17-7-5-4-6-16(17)13(3)18/h4-12H,1-3H3. The van der Waals surface area contributed by atoms with Crippen molar-refractivity contribution in [3.63, 3.8) is 0 Å². The van der Waals surface area contributed by atoms with Gasteiger partial charge in [0.05, 0.1) is 5.56 Å². The lowest BCUT2D eigenvalue weighted by Crippen LogP contribution is -1.96. The van der Waals surface area contributed by atoms with Gasteiger partial charge in [0.25, 0.3) is 0 Å². The number of Topliss-reactive ketones (excluding diaryl/α,β-unsaturated/α-hetero) is 1. The molecule has 0 atom stereocenters. The van der Waals surface area contributed by atoms with E-state index in [0.717, 1.165) is 5.75 Å². The van der Waals surface area contributed by atoms with E-state index in [1.165, 1.54) is 5.56 Å². The van der Waals surface area contributed by atoms with Crippen LogP contribution in [0.3, 0.4) is 0 Å². The fourth-order valence-corrected chi connectivity index (χ4v) is 1.89. The summed E-state index contributed by atoms with van der Waals surface area (Å²) in [5.74, 6) is 1.86. The normalized spacial score (nSPS) is 10.5. The second-order valence-electron chi connectivity index (χ2n) is 4.88. The molecule has 0 unspecified atom stereocenters. The number of benzene rings is 2. The Morgan fingerprint density at radius 2 is 1.63 bits per heavy atom. The number of carbonyl (C=O) groups excluding carboxylic acids is 1. The highest BCUT2D eigenvalue weighted by Crippen LogP contribution is 2.27. The maximum Gasteiger partial charge on any atom is 0.163 e. The van der Waals surface area contributed by atoms with E-state index in [2.05, 4.69) is 26.0 Å². The van der Waals surface area contributed by atoms with Crippen LogP contribution >= 0.6 is 0 Å². The molecule has 0 saturated heterocycles. The Bertz CT molecular complexity index is 568. The Labute approximate surface area is 114 Å². The molecule has 2 nitrogen and oxygen atoms in total. The molecule has 0 saturated carbocycles. The van der Waals surface area contributed by atoms with E-state index in [-0.39, 0.29) is 5.78 Å². The summed E-state index contributed by atoms with van der Waals surface area (Å²) in [6.45, 7) is 5.85. The lowest BCUT2D eigenvalue weighted by Gasteiger charge is -2.10. The summed E-state index contributed by atoms with van der Waals surface area (Å²) < 4.78 is 5.78. The summed E-state index contributed by atoms with van der Waals surface area (Å²) in [4.78, 5) is 11.5. The van der Waals surface area contributed by atoms with E-state index in [0.29, 0.717) is 17.2 Å². The topological polar surface area (TPSA) is 26.3 Å². The molecule has 2 heteroatoms. The Kier molecular flexibility index (Phi) is 4.00. The zero-order valence-corrected chi connectivity index (χ0v) is 11.5. The molecule has 0 aromatic heterocycles. The first-order valence-corrected chi connectivity index (χ1v) is 6.45. The SMILES string of the molecule is CC(=O)c1ccccc1Oc1ccc(C(C)C)cc1. The first-order valence-electron chi connectivity index (χ1n) is 6.45. The van der Waals surface area contributed by atoms with Crippen LogP contribution in [0, 0.1) is 0 Å². The third kappa shape index (κ3) is 3.22. The monoisotopic (exact) mass is 254 g/mol. The largest absolute Gasteiger partial charge is 0.457 e. The predicted octanol–water partition coefficient (Wildman–Crippen LogP) is 4.80. The molecule has 0 aliphatic carbocycles. The van der Waals surface area contributed by atoms with Gasteiger partial charge in [-0.05, 0) is 42.7 Å². The van der Waals surface area contributed by atoms with E-state index >= 15 is 0 Å². The second-order valence-corrected chi connectivity index (χ2v) is 4.88. The quantitative estimate of drug-likeness (QED) is 0.732. The fourth-order valence-electron chi connectivity index (χ4n) is 1.89. The first kappa shape index (κ1) is 13.3. The van der Waals surface area contributed by atoms with Crippen LogP contribution in [0.2, 0.25) is 0 Å². The van der Waals surface area contributed by atoms with Gasteiger partial charge < -0.3 is 4.74 Å². The molecule has 0 N–H and O–H groups in total. The molecular formula is C17H18O2. The molecule has 2 aromatic rings. The number of carbonyl (C=O) groups is 1. The van der Waals surface area contributed by atoms with Crippen LogP contribution in [0.4, 0.5) is 0 Å². The molecule has 0 spiro atoms. The Morgan fingerprint density at radius 3 is 2.21 bits per heavy atom. The Balaban J connectivity index is 2.24. The summed E-state index contributed by atoms with van der Waals surface area (Å²) in [6, 6.07) is 15.3. The number of para-hydroxylation sites is 1. The van der Waals surface area contributed by atoms with Crippen molar-refractivity contribution in [1.82, 2.24) is 0 Å². The number of hydrogen-bond donors (Lipinski definition) is 0. The number of rotatable bonds is 4. The molecule has 0 radical (unpaired) electrons. The molecule has 0 heterocycles. The van der Waals surface area contributed by atoms with Crippen LogP contribution in [0.25, 0.3) is 0 Å². The van der Waals surface area contributed by atoms with E-state index in [9.17, 15) is 4.79 Å². The molecule has 0 aliphatic heterocycles. The molecular weight excluding hydrogens is 236 g/mol. The average molecular weight is 254 g/mol. The van der Waals surface area contributed by atoms with Crippen LogP contribution in [0.1, 0.15) is 42.6 Å². The van der Waals surface area contributed by atoms with Gasteiger partial charge >= 0.3 is 0 Å². The van der Waals surface area contributed by atoms with Crippen LogP contribution in [-0.2, 0) is 0 Å².